The normalized spacial score (nSPS) is 25.4. The Balaban J connectivity index is 1.45. The number of nitrogens with zero attached hydrogens (tertiary/aromatic N) is 4. The monoisotopic (exact) mass is 406 g/mol. The third kappa shape index (κ3) is 3.23. The standard InChI is InChI=1S/C23H26N4O3/c1-25-10-9-16-7-8-19(24-22(16)25)23(30)27-12-17-11-26(14-20(28)29)13-18(17)21(27)15-5-3-2-4-6-15/h2-8,17-18,21H,9-14H2,1H3,(H,28,29)/t17-,18-,21+/m0/s1. The molecule has 3 atom stereocenters. The lowest BCUT2D eigenvalue weighted by Crippen LogP contribution is -2.37. The van der Waals surface area contributed by atoms with Crippen LogP contribution in [0.2, 0.25) is 0 Å². The first-order valence-corrected chi connectivity index (χ1v) is 10.5. The second kappa shape index (κ2) is 7.40. The molecule has 1 amide bonds. The second-order valence-corrected chi connectivity index (χ2v) is 8.68. The fourth-order valence-corrected chi connectivity index (χ4v) is 5.41. The summed E-state index contributed by atoms with van der Waals surface area (Å²) in [7, 11) is 2.01. The van der Waals surface area contributed by atoms with Crippen molar-refractivity contribution in [3.63, 3.8) is 0 Å². The number of amides is 1. The summed E-state index contributed by atoms with van der Waals surface area (Å²) in [5.74, 6) is 0.573. The molecule has 2 fully saturated rings. The molecule has 0 aliphatic carbocycles. The maximum absolute atomic E-state index is 13.6. The number of fused-ring (bicyclic) bond motifs is 2. The van der Waals surface area contributed by atoms with Crippen LogP contribution in [-0.4, -0.2) is 71.5 Å². The SMILES string of the molecule is CN1CCc2ccc(C(=O)N3C[C@@H]4CN(CC(=O)O)C[C@@H]4[C@H]3c3ccccc3)nc21. The van der Waals surface area contributed by atoms with Crippen molar-refractivity contribution in [1.82, 2.24) is 14.8 Å². The van der Waals surface area contributed by atoms with Gasteiger partial charge in [-0.3, -0.25) is 14.5 Å². The number of likely N-dealkylation sites (N-methyl/N-ethyl adjacent to an activating group) is 1. The molecule has 7 nitrogen and oxygen atoms in total. The molecule has 2 saturated heterocycles. The number of likely N-dealkylation sites (tertiary alicyclic amines) is 2. The molecule has 0 bridgehead atoms. The molecule has 2 aromatic rings. The van der Waals surface area contributed by atoms with E-state index >= 15 is 0 Å². The predicted molar refractivity (Wildman–Crippen MR) is 112 cm³/mol. The van der Waals surface area contributed by atoms with Gasteiger partial charge in [0.15, 0.2) is 0 Å². The lowest BCUT2D eigenvalue weighted by Gasteiger charge is -2.29. The highest BCUT2D eigenvalue weighted by atomic mass is 16.4. The summed E-state index contributed by atoms with van der Waals surface area (Å²) < 4.78 is 0. The van der Waals surface area contributed by atoms with Gasteiger partial charge < -0.3 is 14.9 Å². The van der Waals surface area contributed by atoms with E-state index in [0.29, 0.717) is 25.3 Å². The summed E-state index contributed by atoms with van der Waals surface area (Å²) in [5.41, 5.74) is 2.79. The highest BCUT2D eigenvalue weighted by molar-refractivity contribution is 5.93. The fourth-order valence-electron chi connectivity index (χ4n) is 5.41. The predicted octanol–water partition coefficient (Wildman–Crippen LogP) is 1.90. The molecule has 0 radical (unpaired) electrons. The van der Waals surface area contributed by atoms with Crippen molar-refractivity contribution in [3.05, 3.63) is 59.3 Å². The zero-order valence-corrected chi connectivity index (χ0v) is 17.1. The van der Waals surface area contributed by atoms with E-state index in [-0.39, 0.29) is 30.3 Å². The molecule has 1 N–H and O–H groups in total. The largest absolute Gasteiger partial charge is 0.480 e. The van der Waals surface area contributed by atoms with Crippen LogP contribution in [-0.2, 0) is 11.2 Å². The maximum Gasteiger partial charge on any atom is 0.317 e. The summed E-state index contributed by atoms with van der Waals surface area (Å²) in [6.07, 6.45) is 0.965. The van der Waals surface area contributed by atoms with Gasteiger partial charge in [-0.15, -0.1) is 0 Å². The topological polar surface area (TPSA) is 77.0 Å². The number of carboxylic acid groups (broad SMARTS) is 1. The van der Waals surface area contributed by atoms with Crippen LogP contribution in [0.15, 0.2) is 42.5 Å². The lowest BCUT2D eigenvalue weighted by molar-refractivity contribution is -0.138. The minimum Gasteiger partial charge on any atom is -0.480 e. The highest BCUT2D eigenvalue weighted by Crippen LogP contribution is 2.45. The minimum atomic E-state index is -0.800. The smallest absolute Gasteiger partial charge is 0.317 e. The molecule has 5 rings (SSSR count). The zero-order valence-electron chi connectivity index (χ0n) is 17.1. The van der Waals surface area contributed by atoms with Gasteiger partial charge >= 0.3 is 5.97 Å². The van der Waals surface area contributed by atoms with Gasteiger partial charge in [0.05, 0.1) is 12.6 Å². The van der Waals surface area contributed by atoms with Crippen LogP contribution < -0.4 is 4.90 Å². The number of aliphatic carboxylic acids is 1. The quantitative estimate of drug-likeness (QED) is 0.836. The van der Waals surface area contributed by atoms with Crippen LogP contribution in [0.1, 0.15) is 27.7 Å². The number of pyridine rings is 1. The molecule has 1 aromatic carbocycles. The third-order valence-corrected chi connectivity index (χ3v) is 6.75. The average molecular weight is 406 g/mol. The maximum atomic E-state index is 13.6. The number of hydrogen-bond acceptors (Lipinski definition) is 5. The van der Waals surface area contributed by atoms with Crippen LogP contribution >= 0.6 is 0 Å². The van der Waals surface area contributed by atoms with Gasteiger partial charge in [0.25, 0.3) is 5.91 Å². The van der Waals surface area contributed by atoms with Gasteiger partial charge in [-0.25, -0.2) is 4.98 Å². The number of carbonyl (C=O) groups is 2. The Hall–Kier alpha value is -2.93. The molecule has 0 saturated carbocycles. The molecular weight excluding hydrogens is 380 g/mol. The summed E-state index contributed by atoms with van der Waals surface area (Å²) in [4.78, 5) is 35.5. The highest BCUT2D eigenvalue weighted by Gasteiger charge is 2.49. The van der Waals surface area contributed by atoms with Crippen molar-refractivity contribution in [1.29, 1.82) is 0 Å². The van der Waals surface area contributed by atoms with Crippen molar-refractivity contribution in [2.45, 2.75) is 12.5 Å². The number of anilines is 1. The number of rotatable bonds is 4. The third-order valence-electron chi connectivity index (χ3n) is 6.75. The molecule has 156 valence electrons. The van der Waals surface area contributed by atoms with E-state index in [1.54, 1.807) is 0 Å². The number of benzene rings is 1. The summed E-state index contributed by atoms with van der Waals surface area (Å²) in [5, 5.41) is 9.19. The first-order chi connectivity index (χ1) is 14.5. The van der Waals surface area contributed by atoms with Gasteiger partial charge in [-0.1, -0.05) is 36.4 Å². The average Bonchev–Trinajstić information content (AvgIpc) is 3.40. The number of carbonyl (C=O) groups excluding carboxylic acids is 1. The van der Waals surface area contributed by atoms with Gasteiger partial charge in [0.2, 0.25) is 0 Å². The molecule has 3 aliphatic heterocycles. The lowest BCUT2D eigenvalue weighted by atomic mass is 9.89. The minimum absolute atomic E-state index is 0.0360. The summed E-state index contributed by atoms with van der Waals surface area (Å²) >= 11 is 0. The Labute approximate surface area is 175 Å². The Bertz CT molecular complexity index is 980. The van der Waals surface area contributed by atoms with E-state index in [1.807, 2.05) is 47.2 Å². The van der Waals surface area contributed by atoms with Gasteiger partial charge in [0, 0.05) is 39.1 Å². The summed E-state index contributed by atoms with van der Waals surface area (Å²) in [6, 6.07) is 13.9. The summed E-state index contributed by atoms with van der Waals surface area (Å²) in [6.45, 7) is 3.03. The van der Waals surface area contributed by atoms with Crippen molar-refractivity contribution in [2.24, 2.45) is 11.8 Å². The van der Waals surface area contributed by atoms with Crippen molar-refractivity contribution in [2.75, 3.05) is 44.7 Å². The molecule has 1 aromatic heterocycles. The molecule has 0 spiro atoms. The van der Waals surface area contributed by atoms with E-state index in [1.165, 1.54) is 5.56 Å². The molecular formula is C23H26N4O3. The first-order valence-electron chi connectivity index (χ1n) is 10.5. The Morgan fingerprint density at radius 3 is 2.67 bits per heavy atom. The van der Waals surface area contributed by atoms with E-state index in [4.69, 9.17) is 4.98 Å². The first kappa shape index (κ1) is 19.1. The number of aromatic nitrogens is 1. The Morgan fingerprint density at radius 1 is 1.10 bits per heavy atom. The van der Waals surface area contributed by atoms with Gasteiger partial charge in [-0.2, -0.15) is 0 Å². The van der Waals surface area contributed by atoms with Crippen LogP contribution in [0.25, 0.3) is 0 Å². The van der Waals surface area contributed by atoms with Crippen molar-refractivity contribution < 1.29 is 14.7 Å². The van der Waals surface area contributed by atoms with Crippen molar-refractivity contribution in [3.8, 4) is 0 Å². The van der Waals surface area contributed by atoms with Crippen LogP contribution in [0.4, 0.5) is 5.82 Å². The second-order valence-electron chi connectivity index (χ2n) is 8.68. The number of carboxylic acids is 1. The Kier molecular flexibility index (Phi) is 4.70. The number of hydrogen-bond donors (Lipinski definition) is 1. The van der Waals surface area contributed by atoms with Gasteiger partial charge in [-0.05, 0) is 29.5 Å². The van der Waals surface area contributed by atoms with Crippen molar-refractivity contribution >= 4 is 17.7 Å². The molecule has 4 heterocycles. The Morgan fingerprint density at radius 2 is 1.90 bits per heavy atom. The molecule has 0 unspecified atom stereocenters. The molecule has 3 aliphatic rings. The molecule has 7 heteroatoms. The van der Waals surface area contributed by atoms with E-state index in [2.05, 4.69) is 17.0 Å². The van der Waals surface area contributed by atoms with E-state index in [0.717, 1.165) is 24.3 Å². The van der Waals surface area contributed by atoms with Crippen LogP contribution in [0.5, 0.6) is 0 Å². The van der Waals surface area contributed by atoms with E-state index in [9.17, 15) is 14.7 Å². The van der Waals surface area contributed by atoms with Crippen LogP contribution in [0.3, 0.4) is 0 Å². The molecule has 30 heavy (non-hydrogen) atoms. The van der Waals surface area contributed by atoms with E-state index < -0.39 is 5.97 Å². The fraction of sp³-hybridized carbons (Fsp3) is 0.435. The zero-order chi connectivity index (χ0) is 20.8. The van der Waals surface area contributed by atoms with Crippen LogP contribution in [0, 0.1) is 11.8 Å². The van der Waals surface area contributed by atoms with Gasteiger partial charge in [0.1, 0.15) is 11.5 Å².